The van der Waals surface area contributed by atoms with Gasteiger partial charge in [-0.2, -0.15) is 0 Å². The van der Waals surface area contributed by atoms with Gasteiger partial charge < -0.3 is 19.7 Å². The number of aromatic nitrogens is 1. The van der Waals surface area contributed by atoms with Crippen molar-refractivity contribution in [1.29, 1.82) is 0 Å². The summed E-state index contributed by atoms with van der Waals surface area (Å²) in [5, 5.41) is 2.88. The third-order valence-corrected chi connectivity index (χ3v) is 5.20. The number of rotatable bonds is 9. The Morgan fingerprint density at radius 1 is 1.13 bits per heavy atom. The molecule has 0 radical (unpaired) electrons. The molecule has 1 amide bonds. The first kappa shape index (κ1) is 21.7. The predicted molar refractivity (Wildman–Crippen MR) is 119 cm³/mol. The third-order valence-electron chi connectivity index (χ3n) is 5.20. The van der Waals surface area contributed by atoms with Gasteiger partial charge in [0.25, 0.3) is 5.91 Å². The van der Waals surface area contributed by atoms with Gasteiger partial charge in [0.1, 0.15) is 5.82 Å². The van der Waals surface area contributed by atoms with Gasteiger partial charge in [-0.3, -0.25) is 4.79 Å². The zero-order valence-corrected chi connectivity index (χ0v) is 17.7. The Bertz CT molecular complexity index is 828. The molecule has 1 aliphatic heterocycles. The van der Waals surface area contributed by atoms with E-state index in [1.807, 2.05) is 42.6 Å². The van der Waals surface area contributed by atoms with Crippen LogP contribution in [0, 0.1) is 0 Å². The van der Waals surface area contributed by atoms with E-state index < -0.39 is 0 Å². The summed E-state index contributed by atoms with van der Waals surface area (Å²) >= 11 is 0. The van der Waals surface area contributed by atoms with E-state index in [0.717, 1.165) is 36.5 Å². The van der Waals surface area contributed by atoms with Crippen molar-refractivity contribution in [2.24, 2.45) is 0 Å². The van der Waals surface area contributed by atoms with E-state index in [1.54, 1.807) is 7.11 Å². The van der Waals surface area contributed by atoms with Crippen LogP contribution in [0.15, 0.2) is 49.2 Å². The molecule has 1 aromatic heterocycles. The largest absolute Gasteiger partial charge is 0.493 e. The first-order chi connectivity index (χ1) is 14.7. The fraction of sp³-hybridized carbons (Fsp3) is 0.417. The van der Waals surface area contributed by atoms with Gasteiger partial charge in [0.2, 0.25) is 0 Å². The van der Waals surface area contributed by atoms with E-state index in [9.17, 15) is 4.79 Å². The fourth-order valence-corrected chi connectivity index (χ4v) is 3.53. The zero-order chi connectivity index (χ0) is 21.2. The van der Waals surface area contributed by atoms with Crippen molar-refractivity contribution in [1.82, 2.24) is 10.3 Å². The number of anilines is 1. The summed E-state index contributed by atoms with van der Waals surface area (Å²) in [6.45, 7) is 6.22. The molecule has 1 aliphatic rings. The highest BCUT2D eigenvalue weighted by Gasteiger charge is 2.11. The molecule has 6 nitrogen and oxygen atoms in total. The molecular formula is C24H31N3O3. The van der Waals surface area contributed by atoms with Crippen LogP contribution >= 0.6 is 0 Å². The average Bonchev–Trinajstić information content (AvgIpc) is 3.07. The Labute approximate surface area is 178 Å². The second-order valence-corrected chi connectivity index (χ2v) is 7.47. The number of amides is 1. The van der Waals surface area contributed by atoms with E-state index in [0.29, 0.717) is 18.0 Å². The Hall–Kier alpha value is -3.02. The molecule has 1 N–H and O–H groups in total. The highest BCUT2D eigenvalue weighted by Crippen LogP contribution is 2.28. The lowest BCUT2D eigenvalue weighted by Gasteiger charge is -2.21. The van der Waals surface area contributed by atoms with Crippen molar-refractivity contribution in [3.63, 3.8) is 0 Å². The number of pyridine rings is 1. The number of carbonyl (C=O) groups is 1. The van der Waals surface area contributed by atoms with Crippen LogP contribution in [0.3, 0.4) is 0 Å². The maximum absolute atomic E-state index is 12.2. The number of nitrogens with zero attached hydrogens (tertiary/aromatic N) is 2. The summed E-state index contributed by atoms with van der Waals surface area (Å²) in [4.78, 5) is 19.1. The van der Waals surface area contributed by atoms with Crippen LogP contribution in [0.25, 0.3) is 0 Å². The summed E-state index contributed by atoms with van der Waals surface area (Å²) in [5.74, 6) is 1.98. The van der Waals surface area contributed by atoms with E-state index >= 15 is 0 Å². The summed E-state index contributed by atoms with van der Waals surface area (Å²) in [7, 11) is 1.59. The highest BCUT2D eigenvalue weighted by atomic mass is 16.5. The molecule has 6 heteroatoms. The number of ether oxygens (including phenoxy) is 2. The molecule has 0 unspecified atom stereocenters. The van der Waals surface area contributed by atoms with Gasteiger partial charge in [-0.05, 0) is 48.6 Å². The minimum Gasteiger partial charge on any atom is -0.493 e. The molecule has 0 spiro atoms. The summed E-state index contributed by atoms with van der Waals surface area (Å²) in [6, 6.07) is 9.71. The Morgan fingerprint density at radius 2 is 1.90 bits per heavy atom. The second-order valence-electron chi connectivity index (χ2n) is 7.47. The van der Waals surface area contributed by atoms with E-state index in [-0.39, 0.29) is 12.5 Å². The standard InChI is InChI=1S/C24H31N3O3/c1-3-8-19-9-11-21(22(15-19)29-2)30-18-24(28)26-17-20-10-12-23(25-16-20)27-13-6-4-5-7-14-27/h3,9-12,15-16H,1,4-8,13-14,17-18H2,2H3,(H,26,28). The van der Waals surface area contributed by atoms with Crippen molar-refractivity contribution in [2.45, 2.75) is 38.6 Å². The molecule has 0 saturated carbocycles. The molecule has 1 saturated heterocycles. The summed E-state index contributed by atoms with van der Waals surface area (Å²) in [6.07, 6.45) is 9.46. The van der Waals surface area contributed by atoms with Gasteiger partial charge in [-0.25, -0.2) is 4.98 Å². The number of hydrogen-bond donors (Lipinski definition) is 1. The third kappa shape index (κ3) is 6.24. The Balaban J connectivity index is 1.47. The van der Waals surface area contributed by atoms with Gasteiger partial charge in [0, 0.05) is 25.8 Å². The molecule has 0 aliphatic carbocycles. The predicted octanol–water partition coefficient (Wildman–Crippen LogP) is 3.89. The SMILES string of the molecule is C=CCc1ccc(OCC(=O)NCc2ccc(N3CCCCCC3)nc2)c(OC)c1. The van der Waals surface area contributed by atoms with Crippen LogP contribution < -0.4 is 19.7 Å². The highest BCUT2D eigenvalue weighted by molar-refractivity contribution is 5.77. The van der Waals surface area contributed by atoms with Gasteiger partial charge in [0.05, 0.1) is 7.11 Å². The molecule has 0 bridgehead atoms. The summed E-state index contributed by atoms with van der Waals surface area (Å²) in [5.41, 5.74) is 2.04. The normalized spacial score (nSPS) is 14.0. The smallest absolute Gasteiger partial charge is 0.258 e. The van der Waals surface area contributed by atoms with Crippen molar-refractivity contribution >= 4 is 11.7 Å². The Kier molecular flexibility index (Phi) is 8.12. The first-order valence-corrected chi connectivity index (χ1v) is 10.6. The average molecular weight is 410 g/mol. The number of methoxy groups -OCH3 is 1. The van der Waals surface area contributed by atoms with Gasteiger partial charge in [0.15, 0.2) is 18.1 Å². The van der Waals surface area contributed by atoms with Crippen molar-refractivity contribution < 1.29 is 14.3 Å². The molecule has 1 fully saturated rings. The molecule has 2 heterocycles. The summed E-state index contributed by atoms with van der Waals surface area (Å²) < 4.78 is 11.0. The lowest BCUT2D eigenvalue weighted by molar-refractivity contribution is -0.123. The van der Waals surface area contributed by atoms with Crippen LogP contribution in [-0.4, -0.2) is 37.7 Å². The minimum absolute atomic E-state index is 0.0730. The lowest BCUT2D eigenvalue weighted by atomic mass is 10.1. The van der Waals surface area contributed by atoms with Crippen molar-refractivity contribution in [2.75, 3.05) is 31.7 Å². The van der Waals surface area contributed by atoms with Gasteiger partial charge in [-0.15, -0.1) is 6.58 Å². The van der Waals surface area contributed by atoms with Crippen LogP contribution in [0.4, 0.5) is 5.82 Å². The molecule has 30 heavy (non-hydrogen) atoms. The van der Waals surface area contributed by atoms with Gasteiger partial charge >= 0.3 is 0 Å². The fourth-order valence-electron chi connectivity index (χ4n) is 3.53. The molecule has 0 atom stereocenters. The molecule has 160 valence electrons. The van der Waals surface area contributed by atoms with Crippen molar-refractivity contribution in [3.8, 4) is 11.5 Å². The maximum atomic E-state index is 12.2. The zero-order valence-electron chi connectivity index (χ0n) is 17.7. The number of allylic oxidation sites excluding steroid dienone is 1. The molecule has 1 aromatic carbocycles. The second kappa shape index (κ2) is 11.2. The van der Waals surface area contributed by atoms with E-state index in [2.05, 4.69) is 21.8 Å². The molecule has 2 aromatic rings. The number of benzene rings is 1. The Morgan fingerprint density at radius 3 is 2.57 bits per heavy atom. The first-order valence-electron chi connectivity index (χ1n) is 10.6. The quantitative estimate of drug-likeness (QED) is 0.637. The lowest BCUT2D eigenvalue weighted by Crippen LogP contribution is -2.28. The van der Waals surface area contributed by atoms with Crippen LogP contribution in [0.2, 0.25) is 0 Å². The van der Waals surface area contributed by atoms with Crippen LogP contribution in [0.5, 0.6) is 11.5 Å². The van der Waals surface area contributed by atoms with Crippen LogP contribution in [0.1, 0.15) is 36.8 Å². The molecular weight excluding hydrogens is 378 g/mol. The van der Waals surface area contributed by atoms with Crippen molar-refractivity contribution in [3.05, 3.63) is 60.3 Å². The topological polar surface area (TPSA) is 63.7 Å². The van der Waals surface area contributed by atoms with Gasteiger partial charge in [-0.1, -0.05) is 31.1 Å². The monoisotopic (exact) mass is 409 g/mol. The number of hydrogen-bond acceptors (Lipinski definition) is 5. The van der Waals surface area contributed by atoms with E-state index in [4.69, 9.17) is 9.47 Å². The number of nitrogens with one attached hydrogen (secondary N) is 1. The van der Waals surface area contributed by atoms with E-state index in [1.165, 1.54) is 25.7 Å². The maximum Gasteiger partial charge on any atom is 0.258 e. The number of carbonyl (C=O) groups excluding carboxylic acids is 1. The minimum atomic E-state index is -0.191. The van der Waals surface area contributed by atoms with Crippen LogP contribution in [-0.2, 0) is 17.8 Å². The molecule has 3 rings (SSSR count).